The van der Waals surface area contributed by atoms with Crippen LogP contribution in [0.15, 0.2) is 47.4 Å². The van der Waals surface area contributed by atoms with Crippen LogP contribution >= 0.6 is 35.0 Å². The van der Waals surface area contributed by atoms with E-state index in [9.17, 15) is 8.42 Å². The molecule has 0 aromatic heterocycles. The van der Waals surface area contributed by atoms with Gasteiger partial charge in [-0.3, -0.25) is 0 Å². The summed E-state index contributed by atoms with van der Waals surface area (Å²) in [6.45, 7) is 2.29. The third-order valence-electron chi connectivity index (χ3n) is 3.14. The van der Waals surface area contributed by atoms with Crippen LogP contribution in [0.2, 0.25) is 10.0 Å². The summed E-state index contributed by atoms with van der Waals surface area (Å²) in [5.74, 6) is 1.37. The topological polar surface area (TPSA) is 46.2 Å². The van der Waals surface area contributed by atoms with Crippen molar-refractivity contribution in [2.24, 2.45) is 0 Å². The third kappa shape index (κ3) is 5.69. The second-order valence-electron chi connectivity index (χ2n) is 5.00. The summed E-state index contributed by atoms with van der Waals surface area (Å²) < 4.78 is 26.8. The molecule has 0 heterocycles. The number of aryl methyl sites for hydroxylation is 1. The number of benzene rings is 2. The summed E-state index contributed by atoms with van der Waals surface area (Å²) >= 11 is 13.6. The second-order valence-corrected chi connectivity index (χ2v) is 8.71. The molecule has 2 aromatic carbocycles. The fraction of sp³-hybridized carbons (Fsp3) is 0.250. The first-order chi connectivity index (χ1) is 10.9. The molecule has 0 atom stereocenters. The molecule has 1 N–H and O–H groups in total. The summed E-state index contributed by atoms with van der Waals surface area (Å²) in [4.78, 5) is 0.286. The zero-order valence-electron chi connectivity index (χ0n) is 12.6. The highest BCUT2D eigenvalue weighted by Crippen LogP contribution is 2.24. The van der Waals surface area contributed by atoms with Crippen molar-refractivity contribution >= 4 is 45.0 Å². The average Bonchev–Trinajstić information content (AvgIpc) is 2.49. The minimum atomic E-state index is -3.44. The van der Waals surface area contributed by atoms with Crippen LogP contribution in [-0.2, 0) is 15.8 Å². The summed E-state index contributed by atoms with van der Waals surface area (Å²) in [5.41, 5.74) is 2.02. The summed E-state index contributed by atoms with van der Waals surface area (Å²) in [7, 11) is -3.44. The fourth-order valence-electron chi connectivity index (χ4n) is 1.87. The van der Waals surface area contributed by atoms with Gasteiger partial charge in [-0.15, -0.1) is 0 Å². The van der Waals surface area contributed by atoms with Crippen LogP contribution in [0.5, 0.6) is 0 Å². The van der Waals surface area contributed by atoms with E-state index >= 15 is 0 Å². The molecular formula is C16H17Cl2NO2S2. The Morgan fingerprint density at radius 1 is 1.09 bits per heavy atom. The van der Waals surface area contributed by atoms with E-state index in [1.807, 2.05) is 13.0 Å². The van der Waals surface area contributed by atoms with Gasteiger partial charge in [0.25, 0.3) is 0 Å². The lowest BCUT2D eigenvalue weighted by atomic mass is 10.2. The lowest BCUT2D eigenvalue weighted by Crippen LogP contribution is -2.26. The lowest BCUT2D eigenvalue weighted by molar-refractivity contribution is 0.584. The summed E-state index contributed by atoms with van der Waals surface area (Å²) in [5, 5.41) is 1.24. The van der Waals surface area contributed by atoms with E-state index in [0.29, 0.717) is 28.1 Å². The first kappa shape index (κ1) is 18.6. The predicted molar refractivity (Wildman–Crippen MR) is 99.0 cm³/mol. The SMILES string of the molecule is Cc1ccc(S(=O)(=O)NCCSCc2ccc(Cl)cc2Cl)cc1. The first-order valence-electron chi connectivity index (χ1n) is 6.96. The summed E-state index contributed by atoms with van der Waals surface area (Å²) in [6.07, 6.45) is 0. The Morgan fingerprint density at radius 3 is 2.43 bits per heavy atom. The van der Waals surface area contributed by atoms with E-state index in [1.165, 1.54) is 0 Å². The van der Waals surface area contributed by atoms with Crippen LogP contribution in [0.25, 0.3) is 0 Å². The van der Waals surface area contributed by atoms with Crippen LogP contribution in [0.3, 0.4) is 0 Å². The van der Waals surface area contributed by atoms with Crippen molar-refractivity contribution in [2.45, 2.75) is 17.6 Å². The highest BCUT2D eigenvalue weighted by atomic mass is 35.5. The van der Waals surface area contributed by atoms with E-state index in [0.717, 1.165) is 11.1 Å². The Hall–Kier alpha value is -0.720. The van der Waals surface area contributed by atoms with Crippen molar-refractivity contribution in [3.8, 4) is 0 Å². The van der Waals surface area contributed by atoms with Crippen molar-refractivity contribution in [3.05, 3.63) is 63.6 Å². The van der Waals surface area contributed by atoms with Gasteiger partial charge >= 0.3 is 0 Å². The second kappa shape index (κ2) is 8.40. The van der Waals surface area contributed by atoms with Crippen molar-refractivity contribution < 1.29 is 8.42 Å². The molecule has 0 fully saturated rings. The van der Waals surface area contributed by atoms with Crippen LogP contribution in [-0.4, -0.2) is 20.7 Å². The first-order valence-corrected chi connectivity index (χ1v) is 10.4. The molecule has 0 saturated carbocycles. The van der Waals surface area contributed by atoms with Gasteiger partial charge in [0.15, 0.2) is 0 Å². The molecule has 0 spiro atoms. The number of nitrogens with one attached hydrogen (secondary N) is 1. The highest BCUT2D eigenvalue weighted by molar-refractivity contribution is 7.98. The molecule has 7 heteroatoms. The molecule has 0 unspecified atom stereocenters. The zero-order chi connectivity index (χ0) is 16.9. The molecule has 0 aliphatic heterocycles. The van der Waals surface area contributed by atoms with Crippen LogP contribution in [0, 0.1) is 6.92 Å². The zero-order valence-corrected chi connectivity index (χ0v) is 15.7. The van der Waals surface area contributed by atoms with Gasteiger partial charge in [-0.1, -0.05) is 47.0 Å². The number of halogens is 2. The minimum Gasteiger partial charge on any atom is -0.210 e. The Morgan fingerprint density at radius 2 is 1.78 bits per heavy atom. The fourth-order valence-corrected chi connectivity index (χ4v) is 4.45. The van der Waals surface area contributed by atoms with Gasteiger partial charge in [-0.25, -0.2) is 13.1 Å². The van der Waals surface area contributed by atoms with Gasteiger partial charge in [-0.05, 0) is 36.8 Å². The lowest BCUT2D eigenvalue weighted by Gasteiger charge is -2.08. The number of rotatable bonds is 7. The molecule has 0 radical (unpaired) electrons. The van der Waals surface area contributed by atoms with Crippen molar-refractivity contribution in [1.29, 1.82) is 0 Å². The van der Waals surface area contributed by atoms with Gasteiger partial charge in [0.1, 0.15) is 0 Å². The molecule has 0 aliphatic rings. The Kier molecular flexibility index (Phi) is 6.80. The number of sulfonamides is 1. The van der Waals surface area contributed by atoms with Crippen LogP contribution in [0.1, 0.15) is 11.1 Å². The molecule has 23 heavy (non-hydrogen) atoms. The molecular weight excluding hydrogens is 373 g/mol. The Labute approximate surface area is 151 Å². The molecule has 124 valence electrons. The van der Waals surface area contributed by atoms with E-state index in [1.54, 1.807) is 48.2 Å². The van der Waals surface area contributed by atoms with Crippen molar-refractivity contribution in [1.82, 2.24) is 4.72 Å². The van der Waals surface area contributed by atoms with Gasteiger partial charge < -0.3 is 0 Å². The van der Waals surface area contributed by atoms with E-state index in [-0.39, 0.29) is 4.90 Å². The average molecular weight is 390 g/mol. The predicted octanol–water partition coefficient (Wildman–Crippen LogP) is 4.51. The molecule has 0 amide bonds. The molecule has 0 aliphatic carbocycles. The standard InChI is InChI=1S/C16H17Cl2NO2S2/c1-12-2-6-15(7-3-12)23(20,21)19-8-9-22-11-13-4-5-14(17)10-16(13)18/h2-7,10,19H,8-9,11H2,1H3. The van der Waals surface area contributed by atoms with Gasteiger partial charge in [-0.2, -0.15) is 11.8 Å². The quantitative estimate of drug-likeness (QED) is 0.708. The third-order valence-corrected chi connectivity index (χ3v) is 6.21. The number of hydrogen-bond acceptors (Lipinski definition) is 3. The monoisotopic (exact) mass is 389 g/mol. The Bertz CT molecular complexity index is 762. The van der Waals surface area contributed by atoms with Gasteiger partial charge in [0.2, 0.25) is 10.0 Å². The van der Waals surface area contributed by atoms with Crippen molar-refractivity contribution in [3.63, 3.8) is 0 Å². The largest absolute Gasteiger partial charge is 0.240 e. The number of hydrogen-bond donors (Lipinski definition) is 1. The number of thioether (sulfide) groups is 1. The smallest absolute Gasteiger partial charge is 0.210 e. The molecule has 0 saturated heterocycles. The van der Waals surface area contributed by atoms with E-state index < -0.39 is 10.0 Å². The summed E-state index contributed by atoms with van der Waals surface area (Å²) in [6, 6.07) is 12.2. The van der Waals surface area contributed by atoms with E-state index in [2.05, 4.69) is 4.72 Å². The van der Waals surface area contributed by atoms with Gasteiger partial charge in [0.05, 0.1) is 4.90 Å². The molecule has 3 nitrogen and oxygen atoms in total. The van der Waals surface area contributed by atoms with Gasteiger partial charge in [0, 0.05) is 28.1 Å². The van der Waals surface area contributed by atoms with Crippen molar-refractivity contribution in [2.75, 3.05) is 12.3 Å². The van der Waals surface area contributed by atoms with E-state index in [4.69, 9.17) is 23.2 Å². The normalized spacial score (nSPS) is 11.6. The maximum atomic E-state index is 12.1. The minimum absolute atomic E-state index is 0.286. The maximum Gasteiger partial charge on any atom is 0.240 e. The van der Waals surface area contributed by atoms with Crippen LogP contribution < -0.4 is 4.72 Å². The molecule has 2 aromatic rings. The molecule has 2 rings (SSSR count). The highest BCUT2D eigenvalue weighted by Gasteiger charge is 2.12. The Balaban J connectivity index is 1.79. The van der Waals surface area contributed by atoms with Crippen LogP contribution in [0.4, 0.5) is 0 Å². The maximum absolute atomic E-state index is 12.1. The molecule has 0 bridgehead atoms.